The first-order chi connectivity index (χ1) is 7.70. The summed E-state index contributed by atoms with van der Waals surface area (Å²) in [6.45, 7) is 2.61. The maximum atomic E-state index is 6.11. The molecule has 1 aromatic carbocycles. The second-order valence-electron chi connectivity index (χ2n) is 3.75. The van der Waals surface area contributed by atoms with Crippen LogP contribution < -0.4 is 5.73 Å². The molecule has 0 fully saturated rings. The van der Waals surface area contributed by atoms with E-state index >= 15 is 0 Å². The summed E-state index contributed by atoms with van der Waals surface area (Å²) in [6, 6.07) is 8.11. The van der Waals surface area contributed by atoms with E-state index in [9.17, 15) is 0 Å². The van der Waals surface area contributed by atoms with Gasteiger partial charge in [0, 0.05) is 12.0 Å². The van der Waals surface area contributed by atoms with Gasteiger partial charge in [-0.2, -0.15) is 0 Å². The zero-order valence-electron chi connectivity index (χ0n) is 9.13. The van der Waals surface area contributed by atoms with Crippen molar-refractivity contribution < 1.29 is 0 Å². The smallest absolute Gasteiger partial charge is 0.134 e. The zero-order chi connectivity index (χ0) is 11.5. The molecule has 84 valence electrons. The van der Waals surface area contributed by atoms with Crippen molar-refractivity contribution in [2.75, 3.05) is 6.54 Å². The number of aromatic amines is 1. The predicted octanol–water partition coefficient (Wildman–Crippen LogP) is 2.54. The van der Waals surface area contributed by atoms with Crippen LogP contribution in [0.5, 0.6) is 0 Å². The summed E-state index contributed by atoms with van der Waals surface area (Å²) in [6.07, 6.45) is 0.714. The van der Waals surface area contributed by atoms with Crippen LogP contribution in [0.25, 0.3) is 11.3 Å². The molecule has 0 aliphatic carbocycles. The third-order valence-corrected chi connectivity index (χ3v) is 2.65. The molecule has 3 nitrogen and oxygen atoms in total. The Morgan fingerprint density at radius 3 is 2.94 bits per heavy atom. The fraction of sp³-hybridized carbons (Fsp3) is 0.250. The highest BCUT2D eigenvalue weighted by Crippen LogP contribution is 2.26. The molecule has 2 aromatic rings. The summed E-state index contributed by atoms with van der Waals surface area (Å²) in [7, 11) is 0. The third-order valence-electron chi connectivity index (χ3n) is 2.38. The number of H-pyrrole nitrogens is 1. The van der Waals surface area contributed by atoms with Gasteiger partial charge in [-0.1, -0.05) is 35.4 Å². The lowest BCUT2D eigenvalue weighted by Gasteiger charge is -1.98. The van der Waals surface area contributed by atoms with Gasteiger partial charge in [-0.15, -0.1) is 0 Å². The minimum Gasteiger partial charge on any atom is -0.332 e. The summed E-state index contributed by atoms with van der Waals surface area (Å²) in [5, 5.41) is 0.578. The van der Waals surface area contributed by atoms with Crippen LogP contribution in [0.3, 0.4) is 0 Å². The van der Waals surface area contributed by atoms with E-state index in [4.69, 9.17) is 17.3 Å². The SMILES string of the molecule is Cc1cccc(-c2nc(CCN)[nH]c2Cl)c1. The second kappa shape index (κ2) is 4.68. The van der Waals surface area contributed by atoms with E-state index < -0.39 is 0 Å². The number of hydrogen-bond donors (Lipinski definition) is 2. The molecule has 0 aliphatic heterocycles. The molecule has 0 spiro atoms. The molecular formula is C12H14ClN3. The maximum Gasteiger partial charge on any atom is 0.134 e. The lowest BCUT2D eigenvalue weighted by atomic mass is 10.1. The van der Waals surface area contributed by atoms with Gasteiger partial charge in [0.15, 0.2) is 0 Å². The molecule has 0 amide bonds. The Morgan fingerprint density at radius 1 is 1.44 bits per heavy atom. The fourth-order valence-corrected chi connectivity index (χ4v) is 1.90. The number of nitrogens with one attached hydrogen (secondary N) is 1. The van der Waals surface area contributed by atoms with E-state index in [1.165, 1.54) is 5.56 Å². The highest BCUT2D eigenvalue weighted by atomic mass is 35.5. The largest absolute Gasteiger partial charge is 0.332 e. The Morgan fingerprint density at radius 2 is 2.25 bits per heavy atom. The lowest BCUT2D eigenvalue weighted by molar-refractivity contribution is 0.895. The van der Waals surface area contributed by atoms with Crippen LogP contribution >= 0.6 is 11.6 Å². The van der Waals surface area contributed by atoms with Gasteiger partial charge in [-0.05, 0) is 19.5 Å². The van der Waals surface area contributed by atoms with Crippen molar-refractivity contribution in [3.05, 3.63) is 40.8 Å². The van der Waals surface area contributed by atoms with Crippen molar-refractivity contribution in [3.8, 4) is 11.3 Å². The summed E-state index contributed by atoms with van der Waals surface area (Å²) < 4.78 is 0. The minimum atomic E-state index is 0.567. The van der Waals surface area contributed by atoms with Crippen LogP contribution in [0.1, 0.15) is 11.4 Å². The first-order valence-electron chi connectivity index (χ1n) is 5.22. The van der Waals surface area contributed by atoms with Gasteiger partial charge in [0.25, 0.3) is 0 Å². The van der Waals surface area contributed by atoms with Crippen molar-refractivity contribution in [2.24, 2.45) is 5.73 Å². The number of nitrogens with two attached hydrogens (primary N) is 1. The first kappa shape index (κ1) is 11.2. The highest BCUT2D eigenvalue weighted by Gasteiger charge is 2.09. The van der Waals surface area contributed by atoms with Crippen molar-refractivity contribution in [1.29, 1.82) is 0 Å². The Balaban J connectivity index is 2.40. The number of rotatable bonds is 3. The Hall–Kier alpha value is -1.32. The van der Waals surface area contributed by atoms with Crippen molar-refractivity contribution >= 4 is 11.6 Å². The molecule has 0 unspecified atom stereocenters. The molecule has 0 saturated carbocycles. The van der Waals surface area contributed by atoms with E-state index in [0.29, 0.717) is 18.1 Å². The Labute approximate surface area is 99.7 Å². The van der Waals surface area contributed by atoms with Gasteiger partial charge in [0.2, 0.25) is 0 Å². The Bertz CT molecular complexity index is 491. The van der Waals surface area contributed by atoms with Gasteiger partial charge in [0.1, 0.15) is 16.7 Å². The molecule has 1 aromatic heterocycles. The number of imidazole rings is 1. The molecule has 0 saturated heterocycles. The van der Waals surface area contributed by atoms with Gasteiger partial charge < -0.3 is 10.7 Å². The molecular weight excluding hydrogens is 222 g/mol. The van der Waals surface area contributed by atoms with E-state index in [-0.39, 0.29) is 0 Å². The first-order valence-corrected chi connectivity index (χ1v) is 5.60. The van der Waals surface area contributed by atoms with Crippen molar-refractivity contribution in [2.45, 2.75) is 13.3 Å². The maximum absolute atomic E-state index is 6.11. The molecule has 4 heteroatoms. The van der Waals surface area contributed by atoms with Crippen molar-refractivity contribution in [1.82, 2.24) is 9.97 Å². The molecule has 2 rings (SSSR count). The van der Waals surface area contributed by atoms with Crippen LogP contribution in [0, 0.1) is 6.92 Å². The summed E-state index contributed by atoms with van der Waals surface area (Å²) >= 11 is 6.11. The Kier molecular flexibility index (Phi) is 3.27. The average Bonchev–Trinajstić information content (AvgIpc) is 2.60. The van der Waals surface area contributed by atoms with E-state index in [0.717, 1.165) is 17.1 Å². The van der Waals surface area contributed by atoms with Crippen LogP contribution in [0.2, 0.25) is 5.15 Å². The van der Waals surface area contributed by atoms with Gasteiger partial charge in [-0.25, -0.2) is 4.98 Å². The normalized spacial score (nSPS) is 10.7. The predicted molar refractivity (Wildman–Crippen MR) is 66.5 cm³/mol. The number of benzene rings is 1. The van der Waals surface area contributed by atoms with E-state index in [1.54, 1.807) is 0 Å². The van der Waals surface area contributed by atoms with Gasteiger partial charge >= 0.3 is 0 Å². The fourth-order valence-electron chi connectivity index (χ4n) is 1.64. The van der Waals surface area contributed by atoms with Gasteiger partial charge in [-0.3, -0.25) is 0 Å². The molecule has 0 atom stereocenters. The minimum absolute atomic E-state index is 0.567. The third kappa shape index (κ3) is 2.26. The average molecular weight is 236 g/mol. The van der Waals surface area contributed by atoms with Crippen LogP contribution in [0.15, 0.2) is 24.3 Å². The molecule has 16 heavy (non-hydrogen) atoms. The molecule has 0 aliphatic rings. The van der Waals surface area contributed by atoms with Crippen LogP contribution in [0.4, 0.5) is 0 Å². The molecule has 3 N–H and O–H groups in total. The zero-order valence-corrected chi connectivity index (χ0v) is 9.88. The lowest BCUT2D eigenvalue weighted by Crippen LogP contribution is -2.03. The number of hydrogen-bond acceptors (Lipinski definition) is 2. The highest BCUT2D eigenvalue weighted by molar-refractivity contribution is 6.31. The topological polar surface area (TPSA) is 54.7 Å². The second-order valence-corrected chi connectivity index (χ2v) is 4.13. The number of nitrogens with zero attached hydrogens (tertiary/aromatic N) is 1. The van der Waals surface area contributed by atoms with Crippen molar-refractivity contribution in [3.63, 3.8) is 0 Å². The molecule has 1 heterocycles. The number of halogens is 1. The summed E-state index contributed by atoms with van der Waals surface area (Å²) in [5.74, 6) is 0.837. The summed E-state index contributed by atoms with van der Waals surface area (Å²) in [5.41, 5.74) is 8.50. The molecule has 0 radical (unpaired) electrons. The van der Waals surface area contributed by atoms with Gasteiger partial charge in [0.05, 0.1) is 0 Å². The summed E-state index contributed by atoms with van der Waals surface area (Å²) in [4.78, 5) is 7.48. The van der Waals surface area contributed by atoms with E-state index in [1.807, 2.05) is 25.1 Å². The number of aromatic nitrogens is 2. The monoisotopic (exact) mass is 235 g/mol. The number of aryl methyl sites for hydroxylation is 1. The van der Waals surface area contributed by atoms with Crippen LogP contribution in [-0.2, 0) is 6.42 Å². The van der Waals surface area contributed by atoms with E-state index in [2.05, 4.69) is 16.0 Å². The standard InChI is InChI=1S/C12H14ClN3/c1-8-3-2-4-9(7-8)11-12(13)16-10(15-11)5-6-14/h2-4,7H,5-6,14H2,1H3,(H,15,16). The van der Waals surface area contributed by atoms with Crippen LogP contribution in [-0.4, -0.2) is 16.5 Å². The quantitative estimate of drug-likeness (QED) is 0.859. The molecule has 0 bridgehead atoms.